The molecule has 1 aliphatic rings. The summed E-state index contributed by atoms with van der Waals surface area (Å²) in [6, 6.07) is 8.75. The van der Waals surface area contributed by atoms with Crippen molar-refractivity contribution in [2.75, 3.05) is 13.3 Å². The molecule has 1 N–H and O–H groups in total. The number of rotatable bonds is 3. The highest BCUT2D eigenvalue weighted by Gasteiger charge is 2.24. The lowest BCUT2D eigenvalue weighted by molar-refractivity contribution is -0.932. The van der Waals surface area contributed by atoms with E-state index < -0.39 is 0 Å². The van der Waals surface area contributed by atoms with Gasteiger partial charge in [-0.3, -0.25) is 4.90 Å². The minimum Gasteiger partial charge on any atom is -0.445 e. The molecule has 0 saturated carbocycles. The summed E-state index contributed by atoms with van der Waals surface area (Å²) < 4.78 is 18.8. The van der Waals surface area contributed by atoms with Crippen LogP contribution in [0.15, 0.2) is 30.3 Å². The summed E-state index contributed by atoms with van der Waals surface area (Å²) in [5.74, 6) is 0.775. The summed E-state index contributed by atoms with van der Waals surface area (Å²) in [4.78, 5) is 1.36. The summed E-state index contributed by atoms with van der Waals surface area (Å²) in [6.07, 6.45) is 0.910. The summed E-state index contributed by atoms with van der Waals surface area (Å²) in [5.41, 5.74) is 4.54. The fraction of sp³-hybridized carbons (Fsp3) is 0.333. The van der Waals surface area contributed by atoms with Gasteiger partial charge in [-0.15, -0.1) is 0 Å². The molecule has 0 spiro atoms. The first-order valence-corrected chi connectivity index (χ1v) is 7.92. The maximum atomic E-state index is 12.9. The van der Waals surface area contributed by atoms with Gasteiger partial charge in [0.2, 0.25) is 6.73 Å². The highest BCUT2D eigenvalue weighted by Crippen LogP contribution is 2.32. The van der Waals surface area contributed by atoms with Gasteiger partial charge >= 0.3 is 0 Å². The van der Waals surface area contributed by atoms with E-state index >= 15 is 0 Å². The van der Waals surface area contributed by atoms with E-state index in [4.69, 9.17) is 16.3 Å². The zero-order valence-electron chi connectivity index (χ0n) is 12.9. The van der Waals surface area contributed by atoms with E-state index in [1.807, 2.05) is 25.1 Å². The maximum absolute atomic E-state index is 12.9. The van der Waals surface area contributed by atoms with Gasteiger partial charge in [0.25, 0.3) is 0 Å². The lowest BCUT2D eigenvalue weighted by Gasteiger charge is -2.28. The van der Waals surface area contributed by atoms with Crippen molar-refractivity contribution in [1.29, 1.82) is 0 Å². The third kappa shape index (κ3) is 3.11. The Morgan fingerprint density at radius 3 is 2.68 bits per heavy atom. The first-order chi connectivity index (χ1) is 10.5. The highest BCUT2D eigenvalue weighted by atomic mass is 35.5. The number of hydrogen-bond acceptors (Lipinski definition) is 1. The molecule has 2 aromatic carbocycles. The molecule has 0 bridgehead atoms. The van der Waals surface area contributed by atoms with Crippen LogP contribution in [0.1, 0.15) is 22.3 Å². The lowest BCUT2D eigenvalue weighted by atomic mass is 10.0. The maximum Gasteiger partial charge on any atom is 0.222 e. The number of nitrogens with one attached hydrogen (secondary N) is 1. The van der Waals surface area contributed by atoms with E-state index in [2.05, 4.69) is 6.92 Å². The summed E-state index contributed by atoms with van der Waals surface area (Å²) in [5, 5.41) is 0.835. The molecular weight excluding hydrogens is 301 g/mol. The Morgan fingerprint density at radius 2 is 1.95 bits per heavy atom. The average Bonchev–Trinajstić information content (AvgIpc) is 2.52. The number of aryl methyl sites for hydroxylation is 1. The van der Waals surface area contributed by atoms with Gasteiger partial charge in [-0.25, -0.2) is 4.39 Å². The second kappa shape index (κ2) is 6.27. The van der Waals surface area contributed by atoms with Crippen LogP contribution in [0.25, 0.3) is 0 Å². The Labute approximate surface area is 135 Å². The largest absolute Gasteiger partial charge is 0.445 e. The molecule has 3 rings (SSSR count). The molecule has 116 valence electrons. The van der Waals surface area contributed by atoms with Crippen molar-refractivity contribution in [3.63, 3.8) is 0 Å². The molecule has 22 heavy (non-hydrogen) atoms. The molecule has 0 amide bonds. The van der Waals surface area contributed by atoms with Crippen molar-refractivity contribution in [3.8, 4) is 5.75 Å². The number of hydrogen-bond donors (Lipinski definition) is 1. The molecule has 0 radical (unpaired) electrons. The monoisotopic (exact) mass is 320 g/mol. The number of halogens is 2. The fourth-order valence-corrected chi connectivity index (χ4v) is 3.09. The fourth-order valence-electron chi connectivity index (χ4n) is 2.92. The summed E-state index contributed by atoms with van der Waals surface area (Å²) >= 11 is 6.35. The van der Waals surface area contributed by atoms with Crippen molar-refractivity contribution in [2.24, 2.45) is 0 Å². The van der Waals surface area contributed by atoms with Crippen molar-refractivity contribution in [3.05, 3.63) is 63.4 Å². The van der Waals surface area contributed by atoms with Gasteiger partial charge in [0, 0.05) is 11.4 Å². The predicted molar refractivity (Wildman–Crippen MR) is 86.1 cm³/mol. The third-order valence-electron chi connectivity index (χ3n) is 4.31. The van der Waals surface area contributed by atoms with Crippen LogP contribution in [-0.4, -0.2) is 13.3 Å². The Hall–Kier alpha value is -1.58. The molecule has 0 aromatic heterocycles. The Balaban J connectivity index is 1.69. The standard InChI is InChI=1S/C18H19ClFNO/c1-12-9-17-16(13(2)18(12)19)10-21(11-22-17)8-7-14-3-5-15(20)6-4-14/h3-6,9H,7-8,10-11H2,1-2H3/p+1. The number of benzene rings is 2. The number of fused-ring (bicyclic) bond motifs is 1. The van der Waals surface area contributed by atoms with Gasteiger partial charge in [0.15, 0.2) is 0 Å². The van der Waals surface area contributed by atoms with E-state index in [0.717, 1.165) is 47.0 Å². The highest BCUT2D eigenvalue weighted by molar-refractivity contribution is 6.32. The molecule has 1 atom stereocenters. The van der Waals surface area contributed by atoms with Gasteiger partial charge in [-0.05, 0) is 48.7 Å². The zero-order valence-corrected chi connectivity index (χ0v) is 13.6. The zero-order chi connectivity index (χ0) is 15.7. The quantitative estimate of drug-likeness (QED) is 0.917. The number of ether oxygens (including phenoxy) is 1. The second-order valence-corrected chi connectivity index (χ2v) is 6.33. The van der Waals surface area contributed by atoms with Crippen LogP contribution in [0.3, 0.4) is 0 Å². The van der Waals surface area contributed by atoms with Crippen LogP contribution < -0.4 is 9.64 Å². The minimum absolute atomic E-state index is 0.188. The van der Waals surface area contributed by atoms with E-state index in [9.17, 15) is 4.39 Å². The van der Waals surface area contributed by atoms with Gasteiger partial charge < -0.3 is 4.74 Å². The number of quaternary nitrogens is 1. The molecule has 1 unspecified atom stereocenters. The Bertz CT molecular complexity index is 684. The predicted octanol–water partition coefficient (Wildman–Crippen LogP) is 3.07. The van der Waals surface area contributed by atoms with Crippen LogP contribution in [0.2, 0.25) is 5.02 Å². The lowest BCUT2D eigenvalue weighted by Crippen LogP contribution is -3.12. The van der Waals surface area contributed by atoms with Crippen LogP contribution in [-0.2, 0) is 13.0 Å². The van der Waals surface area contributed by atoms with Gasteiger partial charge in [-0.2, -0.15) is 0 Å². The molecule has 2 aromatic rings. The molecule has 1 aliphatic heterocycles. The van der Waals surface area contributed by atoms with Crippen molar-refractivity contribution >= 4 is 11.6 Å². The van der Waals surface area contributed by atoms with Crippen LogP contribution >= 0.6 is 11.6 Å². The summed E-state index contributed by atoms with van der Waals surface area (Å²) in [6.45, 7) is 6.60. The summed E-state index contributed by atoms with van der Waals surface area (Å²) in [7, 11) is 0. The molecule has 2 nitrogen and oxygen atoms in total. The molecule has 0 fully saturated rings. The van der Waals surface area contributed by atoms with Crippen LogP contribution in [0.4, 0.5) is 4.39 Å². The van der Waals surface area contributed by atoms with Crippen molar-refractivity contribution < 1.29 is 14.0 Å². The van der Waals surface area contributed by atoms with Gasteiger partial charge in [0.05, 0.1) is 12.1 Å². The topological polar surface area (TPSA) is 13.7 Å². The first-order valence-electron chi connectivity index (χ1n) is 7.54. The Kier molecular flexibility index (Phi) is 4.37. The molecular formula is C18H20ClFNO+. The van der Waals surface area contributed by atoms with Crippen LogP contribution in [0.5, 0.6) is 5.75 Å². The van der Waals surface area contributed by atoms with Crippen molar-refractivity contribution in [2.45, 2.75) is 26.8 Å². The van der Waals surface area contributed by atoms with E-state index in [1.165, 1.54) is 22.6 Å². The molecule has 0 aliphatic carbocycles. The third-order valence-corrected chi connectivity index (χ3v) is 4.89. The molecule has 4 heteroatoms. The Morgan fingerprint density at radius 1 is 1.23 bits per heavy atom. The van der Waals surface area contributed by atoms with E-state index in [1.54, 1.807) is 0 Å². The van der Waals surface area contributed by atoms with E-state index in [0.29, 0.717) is 6.73 Å². The van der Waals surface area contributed by atoms with Crippen molar-refractivity contribution in [1.82, 2.24) is 0 Å². The second-order valence-electron chi connectivity index (χ2n) is 5.95. The molecule has 0 saturated heterocycles. The van der Waals surface area contributed by atoms with Gasteiger partial charge in [0.1, 0.15) is 18.1 Å². The molecule has 1 heterocycles. The smallest absolute Gasteiger partial charge is 0.222 e. The normalized spacial score (nSPS) is 17.0. The minimum atomic E-state index is -0.188. The van der Waals surface area contributed by atoms with E-state index in [-0.39, 0.29) is 5.82 Å². The first kappa shape index (κ1) is 15.3. The SMILES string of the molecule is Cc1cc2c(c(C)c1Cl)C[NH+](CCc1ccc(F)cc1)CO2. The average molecular weight is 321 g/mol. The van der Waals surface area contributed by atoms with Crippen LogP contribution in [0, 0.1) is 19.7 Å². The van der Waals surface area contributed by atoms with Gasteiger partial charge in [-0.1, -0.05) is 23.7 Å².